The van der Waals surface area contributed by atoms with Crippen molar-refractivity contribution < 1.29 is 4.79 Å². The van der Waals surface area contributed by atoms with E-state index in [1.807, 2.05) is 0 Å². The second-order valence-electron chi connectivity index (χ2n) is 2.42. The molecule has 0 aromatic heterocycles. The van der Waals surface area contributed by atoms with Crippen LogP contribution in [0.2, 0.25) is 0 Å². The topological polar surface area (TPSA) is 81.1 Å². The molecule has 0 radical (unpaired) electrons. The fraction of sp³-hybridized carbons (Fsp3) is 0.800. The summed E-state index contributed by atoms with van der Waals surface area (Å²) in [5.74, 6) is 1.52. The highest BCUT2D eigenvalue weighted by atomic mass is 32.2. The van der Waals surface area contributed by atoms with Gasteiger partial charge >= 0.3 is 0 Å². The van der Waals surface area contributed by atoms with Crippen molar-refractivity contribution in [2.75, 3.05) is 11.5 Å². The summed E-state index contributed by atoms with van der Waals surface area (Å²) in [4.78, 5) is 10.1. The van der Waals surface area contributed by atoms with Gasteiger partial charge < -0.3 is 16.8 Å². The van der Waals surface area contributed by atoms with Crippen LogP contribution in [0.1, 0.15) is 0 Å². The van der Waals surface area contributed by atoms with Crippen LogP contribution in [0.3, 0.4) is 0 Å². The lowest BCUT2D eigenvalue weighted by Crippen LogP contribution is -2.64. The molecule has 1 rings (SSSR count). The summed E-state index contributed by atoms with van der Waals surface area (Å²) in [6, 6.07) is -0.123. The van der Waals surface area contributed by atoms with E-state index in [0.29, 0.717) is 12.2 Å². The number of hydrogen-bond donors (Lipinski definition) is 3. The first-order valence-electron chi connectivity index (χ1n) is 3.02. The third kappa shape index (κ3) is 1.25. The van der Waals surface area contributed by atoms with E-state index >= 15 is 0 Å². The van der Waals surface area contributed by atoms with Crippen molar-refractivity contribution in [3.8, 4) is 0 Å². The molecule has 4 nitrogen and oxygen atoms in total. The zero-order valence-corrected chi connectivity index (χ0v) is 6.36. The maximum absolute atomic E-state index is 10.1. The maximum Gasteiger partial charge on any atom is 0.208 e. The van der Waals surface area contributed by atoms with Crippen LogP contribution < -0.4 is 16.8 Å². The van der Waals surface area contributed by atoms with Gasteiger partial charge in [0.05, 0.1) is 6.04 Å². The standard InChI is InChI=1S/C5H11N3OS/c6-4-1-10-2-5(4,7)8-3-9/h3-4H,1-2,6-7H2,(H,8,9)/t4-,5-/m0/s1. The van der Waals surface area contributed by atoms with Crippen molar-refractivity contribution in [2.24, 2.45) is 11.5 Å². The van der Waals surface area contributed by atoms with Gasteiger partial charge in [0.25, 0.3) is 0 Å². The van der Waals surface area contributed by atoms with E-state index in [4.69, 9.17) is 11.5 Å². The second-order valence-corrected chi connectivity index (χ2v) is 3.45. The highest BCUT2D eigenvalue weighted by molar-refractivity contribution is 7.99. The summed E-state index contributed by atoms with van der Waals surface area (Å²) in [5, 5.41) is 2.52. The first-order valence-corrected chi connectivity index (χ1v) is 4.18. The molecule has 10 heavy (non-hydrogen) atoms. The van der Waals surface area contributed by atoms with Crippen LogP contribution in [0.5, 0.6) is 0 Å². The smallest absolute Gasteiger partial charge is 0.208 e. The van der Waals surface area contributed by atoms with Gasteiger partial charge in [-0.15, -0.1) is 0 Å². The molecule has 0 aliphatic carbocycles. The molecular weight excluding hydrogens is 150 g/mol. The van der Waals surface area contributed by atoms with Crippen molar-refractivity contribution in [3.63, 3.8) is 0 Å². The zero-order chi connectivity index (χ0) is 7.61. The third-order valence-electron chi connectivity index (χ3n) is 1.63. The van der Waals surface area contributed by atoms with E-state index in [1.165, 1.54) is 0 Å². The van der Waals surface area contributed by atoms with E-state index in [0.717, 1.165) is 5.75 Å². The quantitative estimate of drug-likeness (QED) is 0.339. The van der Waals surface area contributed by atoms with Gasteiger partial charge in [0.15, 0.2) is 0 Å². The number of nitrogens with one attached hydrogen (secondary N) is 1. The molecule has 1 heterocycles. The molecule has 0 bridgehead atoms. The Hall–Kier alpha value is -0.260. The van der Waals surface area contributed by atoms with Crippen LogP contribution in [-0.4, -0.2) is 29.6 Å². The average Bonchev–Trinajstić information content (AvgIpc) is 2.15. The largest absolute Gasteiger partial charge is 0.339 e. The molecule has 0 aromatic carbocycles. The summed E-state index contributed by atoms with van der Waals surface area (Å²) in [6.45, 7) is 0. The van der Waals surface area contributed by atoms with Crippen LogP contribution in [0, 0.1) is 0 Å². The predicted molar refractivity (Wildman–Crippen MR) is 41.4 cm³/mol. The summed E-state index contributed by atoms with van der Waals surface area (Å²) >= 11 is 1.66. The van der Waals surface area contributed by atoms with Crippen molar-refractivity contribution in [2.45, 2.75) is 11.7 Å². The third-order valence-corrected chi connectivity index (χ3v) is 2.90. The molecule has 0 aromatic rings. The molecule has 1 aliphatic heterocycles. The summed E-state index contributed by atoms with van der Waals surface area (Å²) in [5.41, 5.74) is 10.7. The Morgan fingerprint density at radius 2 is 2.50 bits per heavy atom. The fourth-order valence-electron chi connectivity index (χ4n) is 0.869. The SMILES string of the molecule is N[C@H]1CSC[C@]1(N)NC=O. The Morgan fingerprint density at radius 3 is 2.90 bits per heavy atom. The average molecular weight is 161 g/mol. The molecule has 2 atom stereocenters. The summed E-state index contributed by atoms with van der Waals surface area (Å²) in [6.07, 6.45) is 0.603. The molecule has 1 fully saturated rings. The molecule has 1 aliphatic rings. The highest BCUT2D eigenvalue weighted by Crippen LogP contribution is 2.21. The fourth-order valence-corrected chi connectivity index (χ4v) is 2.17. The number of hydrogen-bond acceptors (Lipinski definition) is 4. The molecule has 5 heteroatoms. The summed E-state index contributed by atoms with van der Waals surface area (Å²) in [7, 11) is 0. The molecule has 0 spiro atoms. The van der Waals surface area contributed by atoms with Crippen molar-refractivity contribution in [3.05, 3.63) is 0 Å². The lowest BCUT2D eigenvalue weighted by Gasteiger charge is -2.26. The highest BCUT2D eigenvalue weighted by Gasteiger charge is 2.37. The van der Waals surface area contributed by atoms with Gasteiger partial charge in [-0.2, -0.15) is 11.8 Å². The van der Waals surface area contributed by atoms with Gasteiger partial charge in [-0.1, -0.05) is 0 Å². The summed E-state index contributed by atoms with van der Waals surface area (Å²) < 4.78 is 0. The normalized spacial score (nSPS) is 39.6. The van der Waals surface area contributed by atoms with Gasteiger partial charge in [-0.25, -0.2) is 0 Å². The Kier molecular flexibility index (Phi) is 2.18. The molecule has 0 unspecified atom stereocenters. The van der Waals surface area contributed by atoms with Gasteiger partial charge in [0.1, 0.15) is 5.66 Å². The lowest BCUT2D eigenvalue weighted by molar-refractivity contribution is -0.111. The molecule has 1 amide bonds. The molecule has 58 valence electrons. The van der Waals surface area contributed by atoms with Crippen molar-refractivity contribution in [1.82, 2.24) is 5.32 Å². The van der Waals surface area contributed by atoms with E-state index in [-0.39, 0.29) is 6.04 Å². The van der Waals surface area contributed by atoms with Gasteiger partial charge in [-0.05, 0) is 0 Å². The number of carbonyl (C=O) groups is 1. The Labute approximate surface area is 63.7 Å². The number of nitrogens with two attached hydrogens (primary N) is 2. The van der Waals surface area contributed by atoms with E-state index in [1.54, 1.807) is 11.8 Å². The van der Waals surface area contributed by atoms with E-state index < -0.39 is 5.66 Å². The number of thioether (sulfide) groups is 1. The second kappa shape index (κ2) is 2.77. The first kappa shape index (κ1) is 7.84. The monoisotopic (exact) mass is 161 g/mol. The first-order chi connectivity index (χ1) is 4.69. The van der Waals surface area contributed by atoms with E-state index in [9.17, 15) is 4.79 Å². The number of carbonyl (C=O) groups excluding carboxylic acids is 1. The Balaban J connectivity index is 2.56. The molecule has 1 saturated heterocycles. The molecule has 5 N–H and O–H groups in total. The minimum absolute atomic E-state index is 0.123. The number of rotatable bonds is 2. The van der Waals surface area contributed by atoms with Crippen LogP contribution in [-0.2, 0) is 4.79 Å². The predicted octanol–water partition coefficient (Wildman–Crippen LogP) is -1.54. The minimum Gasteiger partial charge on any atom is -0.339 e. The Bertz CT molecular complexity index is 143. The molecule has 0 saturated carbocycles. The van der Waals surface area contributed by atoms with Crippen LogP contribution in [0.4, 0.5) is 0 Å². The lowest BCUT2D eigenvalue weighted by atomic mass is 10.1. The van der Waals surface area contributed by atoms with Crippen LogP contribution in [0.25, 0.3) is 0 Å². The minimum atomic E-state index is -0.674. The maximum atomic E-state index is 10.1. The van der Waals surface area contributed by atoms with Gasteiger partial charge in [0.2, 0.25) is 6.41 Å². The van der Waals surface area contributed by atoms with Gasteiger partial charge in [0, 0.05) is 11.5 Å². The van der Waals surface area contributed by atoms with Gasteiger partial charge in [-0.3, -0.25) is 4.79 Å². The molecular formula is C5H11N3OS. The zero-order valence-electron chi connectivity index (χ0n) is 5.54. The van der Waals surface area contributed by atoms with Crippen molar-refractivity contribution in [1.29, 1.82) is 0 Å². The number of amides is 1. The van der Waals surface area contributed by atoms with Crippen molar-refractivity contribution >= 4 is 18.2 Å². The van der Waals surface area contributed by atoms with E-state index in [2.05, 4.69) is 5.32 Å². The Morgan fingerprint density at radius 1 is 1.80 bits per heavy atom. The van der Waals surface area contributed by atoms with Crippen LogP contribution in [0.15, 0.2) is 0 Å². The van der Waals surface area contributed by atoms with Crippen LogP contribution >= 0.6 is 11.8 Å².